The van der Waals surface area contributed by atoms with Crippen molar-refractivity contribution < 1.29 is 14.6 Å². The fraction of sp³-hybridized carbons (Fsp3) is 0.250. The lowest BCUT2D eigenvalue weighted by Gasteiger charge is -2.26. The van der Waals surface area contributed by atoms with E-state index in [1.807, 2.05) is 53.4 Å². The van der Waals surface area contributed by atoms with E-state index in [0.717, 1.165) is 36.1 Å². The molecule has 1 amide bonds. The fourth-order valence-corrected chi connectivity index (χ4v) is 3.63. The fourth-order valence-electron chi connectivity index (χ4n) is 3.63. The summed E-state index contributed by atoms with van der Waals surface area (Å²) in [5, 5.41) is 9.52. The van der Waals surface area contributed by atoms with E-state index in [2.05, 4.69) is 4.98 Å². The van der Waals surface area contributed by atoms with Crippen LogP contribution in [-0.2, 0) is 11.3 Å². The minimum absolute atomic E-state index is 0.0158. The molecule has 1 aromatic heterocycles. The quantitative estimate of drug-likeness (QED) is 0.685. The third-order valence-corrected chi connectivity index (χ3v) is 5.17. The molecule has 3 aromatic rings. The van der Waals surface area contributed by atoms with Gasteiger partial charge in [0.05, 0.1) is 6.10 Å². The molecule has 4 rings (SSSR count). The number of pyridine rings is 1. The van der Waals surface area contributed by atoms with Crippen molar-refractivity contribution in [3.05, 3.63) is 84.2 Å². The zero-order valence-electron chi connectivity index (χ0n) is 16.2. The number of hydrogen-bond acceptors (Lipinski definition) is 4. The molecule has 0 radical (unpaired) electrons. The predicted octanol–water partition coefficient (Wildman–Crippen LogP) is 4.28. The third-order valence-electron chi connectivity index (χ3n) is 5.17. The molecule has 2 aromatic carbocycles. The molecule has 1 N–H and O–H groups in total. The second-order valence-electron chi connectivity index (χ2n) is 7.30. The summed E-state index contributed by atoms with van der Waals surface area (Å²) in [6, 6.07) is 18.5. The summed E-state index contributed by atoms with van der Waals surface area (Å²) >= 11 is 0. The normalized spacial score (nSPS) is 15.9. The van der Waals surface area contributed by atoms with Gasteiger partial charge in [-0.15, -0.1) is 0 Å². The number of carbonyl (C=O) groups is 1. The smallest absolute Gasteiger partial charge is 0.254 e. The molecule has 5 heteroatoms. The molecule has 2 heterocycles. The second kappa shape index (κ2) is 8.88. The van der Waals surface area contributed by atoms with Gasteiger partial charge in [0, 0.05) is 37.7 Å². The molecule has 0 spiro atoms. The van der Waals surface area contributed by atoms with E-state index in [0.29, 0.717) is 18.7 Å². The molecule has 1 saturated heterocycles. The van der Waals surface area contributed by atoms with Crippen LogP contribution in [-0.4, -0.2) is 40.2 Å². The first-order chi connectivity index (χ1) is 14.2. The first kappa shape index (κ1) is 19.2. The van der Waals surface area contributed by atoms with Gasteiger partial charge in [-0.25, -0.2) is 0 Å². The number of phenols is 1. The van der Waals surface area contributed by atoms with Crippen molar-refractivity contribution >= 4 is 5.91 Å². The van der Waals surface area contributed by atoms with Crippen LogP contribution < -0.4 is 0 Å². The molecule has 1 aliphatic heterocycles. The number of phenolic OH excluding ortho intramolecular Hbond substituents is 1. The predicted molar refractivity (Wildman–Crippen MR) is 111 cm³/mol. The Balaban J connectivity index is 1.59. The van der Waals surface area contributed by atoms with Crippen molar-refractivity contribution in [2.75, 3.05) is 13.2 Å². The number of amides is 1. The zero-order chi connectivity index (χ0) is 20.1. The molecule has 5 nitrogen and oxygen atoms in total. The molecule has 1 fully saturated rings. The average Bonchev–Trinajstić information content (AvgIpc) is 3.27. The van der Waals surface area contributed by atoms with Gasteiger partial charge < -0.3 is 14.7 Å². The first-order valence-electron chi connectivity index (χ1n) is 9.88. The molecular formula is C24H24N2O3. The molecule has 0 bridgehead atoms. The van der Waals surface area contributed by atoms with Crippen LogP contribution in [0.4, 0.5) is 0 Å². The number of aromatic nitrogens is 1. The Kier molecular flexibility index (Phi) is 5.86. The maximum Gasteiger partial charge on any atom is 0.254 e. The molecular weight excluding hydrogens is 364 g/mol. The number of benzene rings is 2. The lowest BCUT2D eigenvalue weighted by molar-refractivity contribution is 0.0507. The van der Waals surface area contributed by atoms with Crippen LogP contribution in [0.2, 0.25) is 0 Å². The van der Waals surface area contributed by atoms with Crippen molar-refractivity contribution in [3.63, 3.8) is 0 Å². The van der Waals surface area contributed by atoms with Crippen molar-refractivity contribution in [1.29, 1.82) is 0 Å². The standard InChI is InChI=1S/C24H24N2O3/c27-22-8-6-19(7-9-22)20-3-1-4-21(15-20)24(28)26(17-23-5-2-14-29-23)16-18-10-12-25-13-11-18/h1,3-4,6-13,15,23,27H,2,5,14,16-17H2. The average molecular weight is 388 g/mol. The highest BCUT2D eigenvalue weighted by molar-refractivity contribution is 5.95. The van der Waals surface area contributed by atoms with Gasteiger partial charge in [0.15, 0.2) is 0 Å². The van der Waals surface area contributed by atoms with Gasteiger partial charge in [0.1, 0.15) is 5.75 Å². The Labute approximate surface area is 170 Å². The van der Waals surface area contributed by atoms with Crippen LogP contribution in [0.3, 0.4) is 0 Å². The third kappa shape index (κ3) is 4.81. The van der Waals surface area contributed by atoms with Gasteiger partial charge in [-0.05, 0) is 65.9 Å². The van der Waals surface area contributed by atoms with Crippen LogP contribution in [0.25, 0.3) is 11.1 Å². The van der Waals surface area contributed by atoms with Gasteiger partial charge in [-0.1, -0.05) is 24.3 Å². The van der Waals surface area contributed by atoms with E-state index < -0.39 is 0 Å². The van der Waals surface area contributed by atoms with Crippen molar-refractivity contribution in [3.8, 4) is 16.9 Å². The lowest BCUT2D eigenvalue weighted by Crippen LogP contribution is -2.37. The van der Waals surface area contributed by atoms with E-state index in [1.165, 1.54) is 0 Å². The van der Waals surface area contributed by atoms with Crippen LogP contribution in [0.15, 0.2) is 73.1 Å². The topological polar surface area (TPSA) is 62.7 Å². The van der Waals surface area contributed by atoms with E-state index in [4.69, 9.17) is 4.74 Å². The van der Waals surface area contributed by atoms with Crippen LogP contribution in [0.5, 0.6) is 5.75 Å². The minimum atomic E-state index is -0.0158. The highest BCUT2D eigenvalue weighted by Crippen LogP contribution is 2.24. The number of carbonyl (C=O) groups excluding carboxylic acids is 1. The highest BCUT2D eigenvalue weighted by Gasteiger charge is 2.24. The van der Waals surface area contributed by atoms with E-state index >= 15 is 0 Å². The molecule has 1 atom stereocenters. The number of ether oxygens (including phenoxy) is 1. The molecule has 1 aliphatic rings. The molecule has 29 heavy (non-hydrogen) atoms. The Morgan fingerprint density at radius 2 is 1.86 bits per heavy atom. The van der Waals surface area contributed by atoms with Crippen LogP contribution in [0.1, 0.15) is 28.8 Å². The zero-order valence-corrected chi connectivity index (χ0v) is 16.2. The van der Waals surface area contributed by atoms with Gasteiger partial charge in [-0.2, -0.15) is 0 Å². The maximum absolute atomic E-state index is 13.4. The summed E-state index contributed by atoms with van der Waals surface area (Å²) in [5.74, 6) is 0.207. The minimum Gasteiger partial charge on any atom is -0.508 e. The van der Waals surface area contributed by atoms with Crippen molar-refractivity contribution in [2.45, 2.75) is 25.5 Å². The Hall–Kier alpha value is -3.18. The van der Waals surface area contributed by atoms with Crippen LogP contribution >= 0.6 is 0 Å². The van der Waals surface area contributed by atoms with Gasteiger partial charge >= 0.3 is 0 Å². The summed E-state index contributed by atoms with van der Waals surface area (Å²) in [4.78, 5) is 19.3. The van der Waals surface area contributed by atoms with E-state index in [1.54, 1.807) is 24.5 Å². The van der Waals surface area contributed by atoms with Crippen molar-refractivity contribution in [1.82, 2.24) is 9.88 Å². The molecule has 0 aliphatic carbocycles. The highest BCUT2D eigenvalue weighted by atomic mass is 16.5. The summed E-state index contributed by atoms with van der Waals surface area (Å²) in [6.07, 6.45) is 5.60. The Bertz CT molecular complexity index is 951. The maximum atomic E-state index is 13.4. The molecule has 0 saturated carbocycles. The van der Waals surface area contributed by atoms with E-state index in [-0.39, 0.29) is 17.8 Å². The summed E-state index contributed by atoms with van der Waals surface area (Å²) in [7, 11) is 0. The summed E-state index contributed by atoms with van der Waals surface area (Å²) in [5.41, 5.74) is 3.58. The number of rotatable bonds is 6. The Morgan fingerprint density at radius 1 is 1.07 bits per heavy atom. The summed E-state index contributed by atoms with van der Waals surface area (Å²) < 4.78 is 5.78. The van der Waals surface area contributed by atoms with Crippen LogP contribution in [0, 0.1) is 0 Å². The Morgan fingerprint density at radius 3 is 2.59 bits per heavy atom. The SMILES string of the molecule is O=C(c1cccc(-c2ccc(O)cc2)c1)N(Cc1ccncc1)CC1CCCO1. The van der Waals surface area contributed by atoms with Crippen molar-refractivity contribution in [2.24, 2.45) is 0 Å². The molecule has 148 valence electrons. The first-order valence-corrected chi connectivity index (χ1v) is 9.88. The number of aromatic hydroxyl groups is 1. The monoisotopic (exact) mass is 388 g/mol. The largest absolute Gasteiger partial charge is 0.508 e. The van der Waals surface area contributed by atoms with Gasteiger partial charge in [-0.3, -0.25) is 9.78 Å². The molecule has 1 unspecified atom stereocenters. The number of nitrogens with zero attached hydrogens (tertiary/aromatic N) is 2. The van der Waals surface area contributed by atoms with Gasteiger partial charge in [0.25, 0.3) is 5.91 Å². The second-order valence-corrected chi connectivity index (χ2v) is 7.30. The summed E-state index contributed by atoms with van der Waals surface area (Å²) in [6.45, 7) is 1.85. The van der Waals surface area contributed by atoms with E-state index in [9.17, 15) is 9.90 Å². The van der Waals surface area contributed by atoms with Gasteiger partial charge in [0.2, 0.25) is 0 Å². The number of hydrogen-bond donors (Lipinski definition) is 1. The lowest BCUT2D eigenvalue weighted by atomic mass is 10.0.